The molecule has 0 radical (unpaired) electrons. The highest BCUT2D eigenvalue weighted by atomic mass is 16.1. The lowest BCUT2D eigenvalue weighted by Gasteiger charge is -2.30. The van der Waals surface area contributed by atoms with Crippen LogP contribution in [0.3, 0.4) is 0 Å². The van der Waals surface area contributed by atoms with Crippen LogP contribution in [0, 0.1) is 0 Å². The minimum atomic E-state index is -0.406. The minimum Gasteiger partial charge on any atom is -0.384 e. The number of anilines is 1. The van der Waals surface area contributed by atoms with Gasteiger partial charge in [-0.2, -0.15) is 0 Å². The predicted octanol–water partition coefficient (Wildman–Crippen LogP) is 1.30. The molecule has 1 aromatic heterocycles. The highest BCUT2D eigenvalue weighted by molar-refractivity contribution is 5.92. The zero-order chi connectivity index (χ0) is 18.4. The molecule has 0 spiro atoms. The fraction of sp³-hybridized carbons (Fsp3) is 0.421. The summed E-state index contributed by atoms with van der Waals surface area (Å²) in [6.45, 7) is 3.49. The van der Waals surface area contributed by atoms with Gasteiger partial charge in [-0.3, -0.25) is 9.69 Å². The average molecular weight is 354 g/mol. The van der Waals surface area contributed by atoms with E-state index in [9.17, 15) is 4.79 Å². The number of aromatic nitrogens is 2. The third kappa shape index (κ3) is 5.00. The number of nitrogens with one attached hydrogen (secondary N) is 1. The van der Waals surface area contributed by atoms with Crippen molar-refractivity contribution in [3.8, 4) is 0 Å². The summed E-state index contributed by atoms with van der Waals surface area (Å²) in [4.78, 5) is 22.4. The van der Waals surface area contributed by atoms with Gasteiger partial charge in [0, 0.05) is 24.3 Å². The summed E-state index contributed by atoms with van der Waals surface area (Å²) < 4.78 is 0. The highest BCUT2D eigenvalue weighted by Crippen LogP contribution is 2.19. The van der Waals surface area contributed by atoms with E-state index in [1.807, 2.05) is 12.1 Å². The summed E-state index contributed by atoms with van der Waals surface area (Å²) in [7, 11) is 0. The maximum atomic E-state index is 11.3. The third-order valence-corrected chi connectivity index (χ3v) is 4.76. The Labute approximate surface area is 153 Å². The Hall–Kier alpha value is -2.51. The molecule has 7 heteroatoms. The Morgan fingerprint density at radius 1 is 1.15 bits per heavy atom. The first kappa shape index (κ1) is 18.3. The van der Waals surface area contributed by atoms with E-state index in [1.54, 1.807) is 24.4 Å². The second-order valence-electron chi connectivity index (χ2n) is 6.70. The topological polar surface area (TPSA) is 110 Å². The number of amides is 1. The van der Waals surface area contributed by atoms with Crippen LogP contribution in [0.15, 0.2) is 36.5 Å². The summed E-state index contributed by atoms with van der Waals surface area (Å²) in [6.07, 6.45) is 5.07. The first-order valence-electron chi connectivity index (χ1n) is 9.03. The standard InChI is InChI=1S/C19H26N6O/c20-17-8-11-23-18(24-17)13-25(16-2-1-9-22-10-7-16)12-14-3-5-15(6-4-14)19(21)26/h3-6,8,11,16,22H,1-2,7,9-10,12-13H2,(H2,21,26)(H2,20,23,24)/t16-/m1/s1. The Bertz CT molecular complexity index is 725. The van der Waals surface area contributed by atoms with Crippen LogP contribution in [0.2, 0.25) is 0 Å². The van der Waals surface area contributed by atoms with Crippen molar-refractivity contribution in [2.75, 3.05) is 18.8 Å². The Morgan fingerprint density at radius 3 is 2.69 bits per heavy atom. The van der Waals surface area contributed by atoms with Crippen molar-refractivity contribution in [3.63, 3.8) is 0 Å². The minimum absolute atomic E-state index is 0.406. The largest absolute Gasteiger partial charge is 0.384 e. The SMILES string of the molecule is NC(=O)c1ccc(CN(Cc2nccc(N)n2)[C@@H]2CCCNCC2)cc1. The second-order valence-corrected chi connectivity index (χ2v) is 6.70. The van der Waals surface area contributed by atoms with Crippen molar-refractivity contribution in [3.05, 3.63) is 53.5 Å². The smallest absolute Gasteiger partial charge is 0.248 e. The lowest BCUT2D eigenvalue weighted by atomic mass is 10.1. The van der Waals surface area contributed by atoms with E-state index in [0.29, 0.717) is 24.0 Å². The van der Waals surface area contributed by atoms with E-state index in [2.05, 4.69) is 20.2 Å². The van der Waals surface area contributed by atoms with Crippen molar-refractivity contribution in [1.82, 2.24) is 20.2 Å². The number of hydrogen-bond acceptors (Lipinski definition) is 6. The lowest BCUT2D eigenvalue weighted by molar-refractivity contribution is 0.1000. The van der Waals surface area contributed by atoms with Gasteiger partial charge in [0.15, 0.2) is 0 Å². The number of nitrogens with two attached hydrogens (primary N) is 2. The monoisotopic (exact) mass is 354 g/mol. The molecule has 1 aliphatic rings. The average Bonchev–Trinajstić information content (AvgIpc) is 2.91. The van der Waals surface area contributed by atoms with Crippen LogP contribution >= 0.6 is 0 Å². The summed E-state index contributed by atoms with van der Waals surface area (Å²) >= 11 is 0. The first-order chi connectivity index (χ1) is 12.6. The van der Waals surface area contributed by atoms with Gasteiger partial charge in [-0.15, -0.1) is 0 Å². The van der Waals surface area contributed by atoms with Gasteiger partial charge in [0.05, 0.1) is 6.54 Å². The molecule has 2 heterocycles. The van der Waals surface area contributed by atoms with Crippen LogP contribution in [0.25, 0.3) is 0 Å². The van der Waals surface area contributed by atoms with Gasteiger partial charge >= 0.3 is 0 Å². The molecule has 0 unspecified atom stereocenters. The van der Waals surface area contributed by atoms with Gasteiger partial charge in [0.1, 0.15) is 11.6 Å². The molecule has 3 rings (SSSR count). The molecule has 1 aromatic carbocycles. The van der Waals surface area contributed by atoms with E-state index in [0.717, 1.165) is 50.3 Å². The van der Waals surface area contributed by atoms with Crippen molar-refractivity contribution >= 4 is 11.7 Å². The van der Waals surface area contributed by atoms with Crippen molar-refractivity contribution in [1.29, 1.82) is 0 Å². The van der Waals surface area contributed by atoms with Crippen molar-refractivity contribution in [2.45, 2.75) is 38.4 Å². The molecule has 26 heavy (non-hydrogen) atoms. The lowest BCUT2D eigenvalue weighted by Crippen LogP contribution is -2.35. The van der Waals surface area contributed by atoms with Crippen LogP contribution in [-0.4, -0.2) is 39.9 Å². The quantitative estimate of drug-likeness (QED) is 0.721. The van der Waals surface area contributed by atoms with Gasteiger partial charge in [0.2, 0.25) is 5.91 Å². The number of primary amides is 1. The maximum absolute atomic E-state index is 11.3. The molecule has 5 N–H and O–H groups in total. The number of nitrogen functional groups attached to an aromatic ring is 1. The maximum Gasteiger partial charge on any atom is 0.248 e. The normalized spacial score (nSPS) is 17.8. The van der Waals surface area contributed by atoms with E-state index in [4.69, 9.17) is 11.5 Å². The molecule has 0 aliphatic carbocycles. The summed E-state index contributed by atoms with van der Waals surface area (Å²) in [5, 5.41) is 3.46. The van der Waals surface area contributed by atoms with E-state index < -0.39 is 5.91 Å². The van der Waals surface area contributed by atoms with Gasteiger partial charge in [-0.1, -0.05) is 12.1 Å². The molecule has 1 aliphatic heterocycles. The Kier molecular flexibility index (Phi) is 6.14. The second kappa shape index (κ2) is 8.73. The molecule has 1 atom stereocenters. The number of carbonyl (C=O) groups excluding carboxylic acids is 1. The summed E-state index contributed by atoms with van der Waals surface area (Å²) in [5.41, 5.74) is 12.8. The van der Waals surface area contributed by atoms with Crippen molar-refractivity contribution in [2.24, 2.45) is 5.73 Å². The number of hydrogen-bond donors (Lipinski definition) is 3. The molecule has 2 aromatic rings. The number of carbonyl (C=O) groups is 1. The van der Waals surface area contributed by atoms with Crippen LogP contribution in [0.1, 0.15) is 41.0 Å². The number of rotatable bonds is 6. The molecular weight excluding hydrogens is 328 g/mol. The third-order valence-electron chi connectivity index (χ3n) is 4.76. The van der Waals surface area contributed by atoms with Crippen LogP contribution in [0.5, 0.6) is 0 Å². The van der Waals surface area contributed by atoms with Gasteiger partial charge in [-0.05, 0) is 56.1 Å². The number of benzene rings is 1. The summed E-state index contributed by atoms with van der Waals surface area (Å²) in [5.74, 6) is 0.815. The fourth-order valence-electron chi connectivity index (χ4n) is 3.36. The molecule has 138 valence electrons. The predicted molar refractivity (Wildman–Crippen MR) is 101 cm³/mol. The summed E-state index contributed by atoms with van der Waals surface area (Å²) in [6, 6.07) is 9.63. The molecular formula is C19H26N6O. The van der Waals surface area contributed by atoms with E-state index >= 15 is 0 Å². The Morgan fingerprint density at radius 2 is 1.96 bits per heavy atom. The molecule has 1 fully saturated rings. The van der Waals surface area contributed by atoms with Crippen molar-refractivity contribution < 1.29 is 4.79 Å². The molecule has 1 amide bonds. The van der Waals surface area contributed by atoms with Gasteiger partial charge < -0.3 is 16.8 Å². The zero-order valence-electron chi connectivity index (χ0n) is 14.9. The molecule has 0 bridgehead atoms. The van der Waals surface area contributed by atoms with Gasteiger partial charge in [0.25, 0.3) is 0 Å². The van der Waals surface area contributed by atoms with Crippen LogP contribution in [-0.2, 0) is 13.1 Å². The van der Waals surface area contributed by atoms with Crippen LogP contribution in [0.4, 0.5) is 5.82 Å². The van der Waals surface area contributed by atoms with Crippen LogP contribution < -0.4 is 16.8 Å². The van der Waals surface area contributed by atoms with E-state index in [-0.39, 0.29) is 0 Å². The molecule has 0 saturated carbocycles. The molecule has 1 saturated heterocycles. The van der Waals surface area contributed by atoms with E-state index in [1.165, 1.54) is 0 Å². The van der Waals surface area contributed by atoms with Gasteiger partial charge in [-0.25, -0.2) is 9.97 Å². The number of nitrogens with zero attached hydrogens (tertiary/aromatic N) is 3. The Balaban J connectivity index is 1.78. The molecule has 7 nitrogen and oxygen atoms in total. The highest BCUT2D eigenvalue weighted by Gasteiger charge is 2.21. The zero-order valence-corrected chi connectivity index (χ0v) is 14.9. The first-order valence-corrected chi connectivity index (χ1v) is 9.03. The fourth-order valence-corrected chi connectivity index (χ4v) is 3.36.